The highest BCUT2D eigenvalue weighted by atomic mass is 19.1. The van der Waals surface area contributed by atoms with Gasteiger partial charge in [0.05, 0.1) is 12.1 Å². The summed E-state index contributed by atoms with van der Waals surface area (Å²) in [5, 5.41) is 17.1. The highest BCUT2D eigenvalue weighted by molar-refractivity contribution is 5.96. The van der Waals surface area contributed by atoms with Crippen molar-refractivity contribution >= 4 is 17.5 Å². The smallest absolute Gasteiger partial charge is 0.227 e. The normalized spacial score (nSPS) is 15.1. The van der Waals surface area contributed by atoms with Gasteiger partial charge in [0.15, 0.2) is 0 Å². The molecule has 3 aromatic carbocycles. The summed E-state index contributed by atoms with van der Waals surface area (Å²) >= 11 is 0. The van der Waals surface area contributed by atoms with Crippen molar-refractivity contribution in [2.24, 2.45) is 5.92 Å². The minimum Gasteiger partial charge on any atom is -0.390 e. The summed E-state index contributed by atoms with van der Waals surface area (Å²) in [6.45, 7) is 4.79. The lowest BCUT2D eigenvalue weighted by atomic mass is 10.00. The van der Waals surface area contributed by atoms with Gasteiger partial charge in [0.1, 0.15) is 11.6 Å². The second kappa shape index (κ2) is 15.0. The van der Waals surface area contributed by atoms with Crippen LogP contribution in [0.25, 0.3) is 0 Å². The van der Waals surface area contributed by atoms with Gasteiger partial charge in [0.2, 0.25) is 11.8 Å². The number of hydrogen-bond donors (Lipinski definition) is 3. The molecule has 0 spiro atoms. The molecule has 0 radical (unpaired) electrons. The number of halogens is 2. The molecule has 0 saturated heterocycles. The number of rotatable bonds is 15. The van der Waals surface area contributed by atoms with E-state index in [1.807, 2.05) is 49.4 Å². The number of benzene rings is 3. The summed E-state index contributed by atoms with van der Waals surface area (Å²) in [5.41, 5.74) is 3.40. The summed E-state index contributed by atoms with van der Waals surface area (Å²) in [6, 6.07) is 20.0. The van der Waals surface area contributed by atoms with E-state index in [1.165, 1.54) is 17.7 Å². The summed E-state index contributed by atoms with van der Waals surface area (Å²) < 4.78 is 27.8. The Morgan fingerprint density at radius 1 is 0.929 bits per heavy atom. The number of amides is 2. The Bertz CT molecular complexity index is 1310. The molecule has 3 N–H and O–H groups in total. The van der Waals surface area contributed by atoms with Crippen LogP contribution in [-0.4, -0.2) is 41.7 Å². The predicted octanol–water partition coefficient (Wildman–Crippen LogP) is 5.32. The standard InChI is InChI=1S/C34H41F2N3O3/c1-3-24-8-7-9-25(16-24)21-37-22-32(40)31(19-26-17-28(35)20-29(36)18-26)38-33(41)14-15-34(42)39(23(2)27-12-13-27)30-10-5-4-6-11-30/h4-11,16-18,20,23,27,31-32,37,40H,3,12-15,19,21-22H2,1-2H3,(H,38,41)/t23?,31-,32-/m0/s1. The van der Waals surface area contributed by atoms with Crippen LogP contribution in [0.15, 0.2) is 72.8 Å². The number of para-hydroxylation sites is 1. The van der Waals surface area contributed by atoms with Gasteiger partial charge in [0, 0.05) is 43.7 Å². The third-order valence-electron chi connectivity index (χ3n) is 7.85. The number of hydrogen-bond acceptors (Lipinski definition) is 4. The van der Waals surface area contributed by atoms with Gasteiger partial charge in [-0.25, -0.2) is 8.78 Å². The largest absolute Gasteiger partial charge is 0.390 e. The third kappa shape index (κ3) is 9.19. The fourth-order valence-electron chi connectivity index (χ4n) is 5.34. The maximum absolute atomic E-state index is 13.9. The Morgan fingerprint density at radius 3 is 2.29 bits per heavy atom. The first-order valence-corrected chi connectivity index (χ1v) is 14.8. The molecule has 1 aliphatic carbocycles. The first kappa shape index (κ1) is 31.3. The number of anilines is 1. The zero-order valence-corrected chi connectivity index (χ0v) is 24.4. The molecule has 0 aliphatic heterocycles. The van der Waals surface area contributed by atoms with Crippen LogP contribution in [0.1, 0.15) is 56.2 Å². The number of aliphatic hydroxyl groups excluding tert-OH is 1. The van der Waals surface area contributed by atoms with Gasteiger partial charge < -0.3 is 20.6 Å². The number of carbonyl (C=O) groups is 2. The van der Waals surface area contributed by atoms with E-state index in [0.717, 1.165) is 36.6 Å². The highest BCUT2D eigenvalue weighted by Crippen LogP contribution is 2.37. The fraction of sp³-hybridized carbons (Fsp3) is 0.412. The highest BCUT2D eigenvalue weighted by Gasteiger charge is 2.35. The van der Waals surface area contributed by atoms with Gasteiger partial charge in [-0.1, -0.05) is 49.4 Å². The van der Waals surface area contributed by atoms with Gasteiger partial charge in [-0.2, -0.15) is 0 Å². The van der Waals surface area contributed by atoms with Crippen LogP contribution in [0.5, 0.6) is 0 Å². The number of nitrogens with zero attached hydrogens (tertiary/aromatic N) is 1. The quantitative estimate of drug-likeness (QED) is 0.229. The Hall–Kier alpha value is -3.62. The van der Waals surface area contributed by atoms with Gasteiger partial charge in [-0.3, -0.25) is 9.59 Å². The van der Waals surface area contributed by atoms with Crippen LogP contribution in [0, 0.1) is 17.6 Å². The monoisotopic (exact) mass is 577 g/mol. The minimum absolute atomic E-state index is 0.00121. The molecule has 3 atom stereocenters. The molecule has 0 aromatic heterocycles. The van der Waals surface area contributed by atoms with Crippen LogP contribution < -0.4 is 15.5 Å². The first-order valence-electron chi connectivity index (χ1n) is 14.8. The molecule has 8 heteroatoms. The maximum atomic E-state index is 13.9. The lowest BCUT2D eigenvalue weighted by molar-refractivity contribution is -0.126. The average Bonchev–Trinajstić information content (AvgIpc) is 3.82. The lowest BCUT2D eigenvalue weighted by Crippen LogP contribution is -2.49. The molecule has 1 fully saturated rings. The van der Waals surface area contributed by atoms with E-state index < -0.39 is 29.7 Å². The van der Waals surface area contributed by atoms with Gasteiger partial charge >= 0.3 is 0 Å². The summed E-state index contributed by atoms with van der Waals surface area (Å²) in [6.07, 6.45) is 1.99. The molecule has 1 aliphatic rings. The van der Waals surface area contributed by atoms with Crippen molar-refractivity contribution in [2.75, 3.05) is 11.4 Å². The number of nitrogens with one attached hydrogen (secondary N) is 2. The van der Waals surface area contributed by atoms with Crippen molar-refractivity contribution < 1.29 is 23.5 Å². The van der Waals surface area contributed by atoms with Crippen molar-refractivity contribution in [3.05, 3.63) is 101 Å². The summed E-state index contributed by atoms with van der Waals surface area (Å²) in [7, 11) is 0. The minimum atomic E-state index is -1.04. The topological polar surface area (TPSA) is 81.7 Å². The van der Waals surface area contributed by atoms with Crippen LogP contribution in [0.4, 0.5) is 14.5 Å². The Balaban J connectivity index is 1.39. The SMILES string of the molecule is CCc1cccc(CNC[C@H](O)[C@H](Cc2cc(F)cc(F)c2)NC(=O)CCC(=O)N(c2ccccc2)C(C)C2CC2)c1. The molecule has 42 heavy (non-hydrogen) atoms. The number of aryl methyl sites for hydroxylation is 1. The van der Waals surface area contributed by atoms with Crippen molar-refractivity contribution in [3.8, 4) is 0 Å². The van der Waals surface area contributed by atoms with Crippen molar-refractivity contribution in [1.82, 2.24) is 10.6 Å². The second-order valence-corrected chi connectivity index (χ2v) is 11.2. The Morgan fingerprint density at radius 2 is 1.62 bits per heavy atom. The molecular weight excluding hydrogens is 536 g/mol. The van der Waals surface area contributed by atoms with Gasteiger partial charge in [-0.05, 0) is 79.5 Å². The van der Waals surface area contributed by atoms with E-state index >= 15 is 0 Å². The molecule has 0 heterocycles. The summed E-state index contributed by atoms with van der Waals surface area (Å²) in [4.78, 5) is 28.2. The van der Waals surface area contributed by atoms with Crippen LogP contribution in [0.3, 0.4) is 0 Å². The van der Waals surface area contributed by atoms with Gasteiger partial charge in [-0.15, -0.1) is 0 Å². The van der Waals surface area contributed by atoms with E-state index in [4.69, 9.17) is 0 Å². The van der Waals surface area contributed by atoms with Crippen LogP contribution in [-0.2, 0) is 29.0 Å². The molecule has 6 nitrogen and oxygen atoms in total. The number of aliphatic hydroxyl groups is 1. The van der Waals surface area contributed by atoms with E-state index in [1.54, 1.807) is 4.90 Å². The maximum Gasteiger partial charge on any atom is 0.227 e. The third-order valence-corrected chi connectivity index (χ3v) is 7.85. The molecular formula is C34H41F2N3O3. The van der Waals surface area contributed by atoms with E-state index in [9.17, 15) is 23.5 Å². The van der Waals surface area contributed by atoms with E-state index in [2.05, 4.69) is 29.7 Å². The molecule has 4 rings (SSSR count). The number of carbonyl (C=O) groups excluding carboxylic acids is 2. The van der Waals surface area contributed by atoms with Gasteiger partial charge in [0.25, 0.3) is 0 Å². The van der Waals surface area contributed by atoms with Crippen molar-refractivity contribution in [3.63, 3.8) is 0 Å². The molecule has 0 bridgehead atoms. The zero-order valence-electron chi connectivity index (χ0n) is 24.4. The lowest BCUT2D eigenvalue weighted by Gasteiger charge is -2.30. The fourth-order valence-corrected chi connectivity index (χ4v) is 5.34. The summed E-state index contributed by atoms with van der Waals surface area (Å²) in [5.74, 6) is -1.56. The van der Waals surface area contributed by atoms with Crippen molar-refractivity contribution in [1.29, 1.82) is 0 Å². The van der Waals surface area contributed by atoms with Crippen molar-refractivity contribution in [2.45, 2.75) is 77.1 Å². The Labute approximate surface area is 247 Å². The van der Waals surface area contributed by atoms with E-state index in [-0.39, 0.29) is 37.8 Å². The van der Waals surface area contributed by atoms with Crippen LogP contribution >= 0.6 is 0 Å². The molecule has 2 amide bonds. The Kier molecular flexibility index (Phi) is 11.2. The molecule has 3 aromatic rings. The first-order chi connectivity index (χ1) is 20.2. The molecule has 1 saturated carbocycles. The molecule has 224 valence electrons. The van der Waals surface area contributed by atoms with Crippen LogP contribution in [0.2, 0.25) is 0 Å². The average molecular weight is 578 g/mol. The molecule has 1 unspecified atom stereocenters. The zero-order chi connectivity index (χ0) is 30.1. The van der Waals surface area contributed by atoms with E-state index in [0.29, 0.717) is 18.0 Å². The predicted molar refractivity (Wildman–Crippen MR) is 161 cm³/mol. The second-order valence-electron chi connectivity index (χ2n) is 11.2.